The molecular formula is C16H10ClF3N6OS. The van der Waals surface area contributed by atoms with E-state index in [1.54, 1.807) is 38.1 Å². The van der Waals surface area contributed by atoms with E-state index in [0.717, 1.165) is 11.8 Å². The van der Waals surface area contributed by atoms with Crippen LogP contribution in [0.2, 0.25) is 5.02 Å². The molecule has 3 aromatic heterocycles. The van der Waals surface area contributed by atoms with Crippen LogP contribution >= 0.6 is 23.4 Å². The molecule has 0 radical (unpaired) electrons. The molecule has 0 aliphatic carbocycles. The Morgan fingerprint density at radius 1 is 1.00 bits per heavy atom. The molecule has 0 N–H and O–H groups in total. The maximum Gasteiger partial charge on any atom is 0.453 e. The van der Waals surface area contributed by atoms with Gasteiger partial charge in [0.1, 0.15) is 5.03 Å². The van der Waals surface area contributed by atoms with Gasteiger partial charge in [-0.2, -0.15) is 22.8 Å². The third-order valence-corrected chi connectivity index (χ3v) is 5.16. The lowest BCUT2D eigenvalue weighted by atomic mass is 10.2. The maximum atomic E-state index is 13.1. The number of nitrogens with zero attached hydrogens (tertiary/aromatic N) is 6. The molecule has 4 rings (SSSR count). The molecule has 0 saturated heterocycles. The molecular weight excluding hydrogens is 417 g/mol. The normalized spacial score (nSPS) is 12.1. The van der Waals surface area contributed by atoms with E-state index < -0.39 is 12.0 Å². The van der Waals surface area contributed by atoms with Crippen molar-refractivity contribution in [2.45, 2.75) is 30.3 Å². The number of halogens is 4. The Labute approximate surface area is 164 Å². The van der Waals surface area contributed by atoms with Gasteiger partial charge < -0.3 is 4.42 Å². The van der Waals surface area contributed by atoms with Crippen LogP contribution in [0.15, 0.2) is 38.9 Å². The summed E-state index contributed by atoms with van der Waals surface area (Å²) in [6, 6.07) is 6.80. The van der Waals surface area contributed by atoms with Gasteiger partial charge in [0.25, 0.3) is 11.0 Å². The second-order valence-corrected chi connectivity index (χ2v) is 7.17. The fraction of sp³-hybridized carbons (Fsp3) is 0.188. The first-order chi connectivity index (χ1) is 13.2. The van der Waals surface area contributed by atoms with Crippen LogP contribution in [0.5, 0.6) is 0 Å². The topological polar surface area (TPSA) is 82.0 Å². The number of benzene rings is 1. The maximum absolute atomic E-state index is 13.1. The van der Waals surface area contributed by atoms with Gasteiger partial charge in [-0.05, 0) is 55.4 Å². The van der Waals surface area contributed by atoms with Gasteiger partial charge >= 0.3 is 6.18 Å². The Morgan fingerprint density at radius 3 is 2.39 bits per heavy atom. The first-order valence-corrected chi connectivity index (χ1v) is 9.00. The second-order valence-electron chi connectivity index (χ2n) is 5.79. The summed E-state index contributed by atoms with van der Waals surface area (Å²) in [5, 5.41) is 19.7. The van der Waals surface area contributed by atoms with Crippen molar-refractivity contribution in [1.82, 2.24) is 30.0 Å². The number of aryl methyl sites for hydroxylation is 1. The van der Waals surface area contributed by atoms with Gasteiger partial charge in [-0.3, -0.25) is 0 Å². The largest absolute Gasteiger partial charge is 0.453 e. The van der Waals surface area contributed by atoms with Crippen molar-refractivity contribution >= 4 is 29.0 Å². The van der Waals surface area contributed by atoms with Gasteiger partial charge in [0.2, 0.25) is 5.89 Å². The molecule has 1 aromatic carbocycles. The van der Waals surface area contributed by atoms with E-state index in [1.165, 1.54) is 0 Å². The van der Waals surface area contributed by atoms with Crippen molar-refractivity contribution in [1.29, 1.82) is 0 Å². The predicted octanol–water partition coefficient (Wildman–Crippen LogP) is 4.61. The molecule has 0 bridgehead atoms. The monoisotopic (exact) mass is 426 g/mol. The SMILES string of the molecule is Cc1c(Sc2nnc(-c3ccc(Cl)cc3)o2)nn2c(C(F)(F)F)nnc2c1C. The van der Waals surface area contributed by atoms with E-state index in [-0.39, 0.29) is 21.8 Å². The quantitative estimate of drug-likeness (QED) is 0.473. The second kappa shape index (κ2) is 6.74. The molecule has 0 saturated carbocycles. The number of aromatic nitrogens is 6. The van der Waals surface area contributed by atoms with E-state index in [2.05, 4.69) is 25.5 Å². The highest BCUT2D eigenvalue weighted by atomic mass is 35.5. The third kappa shape index (κ3) is 3.31. The van der Waals surface area contributed by atoms with Crippen molar-refractivity contribution in [2.75, 3.05) is 0 Å². The smallest absolute Gasteiger partial charge is 0.411 e. The molecule has 28 heavy (non-hydrogen) atoms. The highest BCUT2D eigenvalue weighted by Gasteiger charge is 2.38. The summed E-state index contributed by atoms with van der Waals surface area (Å²) in [5.74, 6) is -0.935. The molecule has 0 spiro atoms. The fourth-order valence-corrected chi connectivity index (χ4v) is 3.34. The molecule has 0 aliphatic heterocycles. The van der Waals surface area contributed by atoms with Gasteiger partial charge in [-0.1, -0.05) is 11.6 Å². The van der Waals surface area contributed by atoms with Crippen LogP contribution in [0.4, 0.5) is 13.2 Å². The highest BCUT2D eigenvalue weighted by molar-refractivity contribution is 7.99. The van der Waals surface area contributed by atoms with Crippen LogP contribution in [0, 0.1) is 13.8 Å². The molecule has 7 nitrogen and oxygen atoms in total. The van der Waals surface area contributed by atoms with Crippen molar-refractivity contribution in [3.8, 4) is 11.5 Å². The molecule has 0 aliphatic rings. The summed E-state index contributed by atoms with van der Waals surface area (Å²) >= 11 is 6.82. The summed E-state index contributed by atoms with van der Waals surface area (Å²) in [4.78, 5) is 0. The molecule has 0 amide bonds. The predicted molar refractivity (Wildman–Crippen MR) is 94.1 cm³/mol. The zero-order valence-electron chi connectivity index (χ0n) is 14.3. The van der Waals surface area contributed by atoms with E-state index in [0.29, 0.717) is 26.2 Å². The lowest BCUT2D eigenvalue weighted by Crippen LogP contribution is -2.13. The number of fused-ring (bicyclic) bond motifs is 1. The van der Waals surface area contributed by atoms with Crippen molar-refractivity contribution in [2.24, 2.45) is 0 Å². The van der Waals surface area contributed by atoms with Crippen LogP contribution in [0.1, 0.15) is 17.0 Å². The number of alkyl halides is 3. The van der Waals surface area contributed by atoms with Crippen molar-refractivity contribution in [3.63, 3.8) is 0 Å². The lowest BCUT2D eigenvalue weighted by molar-refractivity contribution is -0.146. The molecule has 0 atom stereocenters. The van der Waals surface area contributed by atoms with Crippen molar-refractivity contribution < 1.29 is 17.6 Å². The number of hydrogen-bond acceptors (Lipinski definition) is 7. The minimum absolute atomic E-state index is 0.0431. The average molecular weight is 427 g/mol. The molecule has 3 heterocycles. The van der Waals surface area contributed by atoms with Gasteiger partial charge in [-0.15, -0.1) is 20.4 Å². The minimum Gasteiger partial charge on any atom is -0.411 e. The van der Waals surface area contributed by atoms with Crippen LogP contribution < -0.4 is 0 Å². The Hall–Kier alpha value is -2.66. The fourth-order valence-electron chi connectivity index (χ4n) is 2.42. The summed E-state index contributed by atoms with van der Waals surface area (Å²) in [6.07, 6.45) is -4.68. The van der Waals surface area contributed by atoms with E-state index >= 15 is 0 Å². The molecule has 12 heteroatoms. The van der Waals surface area contributed by atoms with Crippen LogP contribution in [-0.4, -0.2) is 30.0 Å². The summed E-state index contributed by atoms with van der Waals surface area (Å²) in [6.45, 7) is 3.38. The molecule has 4 aromatic rings. The minimum atomic E-state index is -4.68. The molecule has 0 unspecified atom stereocenters. The summed E-state index contributed by atoms with van der Waals surface area (Å²) < 4.78 is 45.7. The number of hydrogen-bond donors (Lipinski definition) is 0. The van der Waals surface area contributed by atoms with Crippen LogP contribution in [-0.2, 0) is 6.18 Å². The van der Waals surface area contributed by atoms with Crippen LogP contribution in [0.25, 0.3) is 17.1 Å². The van der Waals surface area contributed by atoms with E-state index in [9.17, 15) is 13.2 Å². The average Bonchev–Trinajstić information content (AvgIpc) is 3.27. The standard InChI is InChI=1S/C16H10ClF3N6OS/c1-7-8(2)13(25-26-11(7)21-23-14(26)16(18,19)20)28-15-24-22-12(27-15)9-3-5-10(17)6-4-9/h3-6H,1-2H3. The van der Waals surface area contributed by atoms with Gasteiger partial charge in [0.05, 0.1) is 0 Å². The first kappa shape index (κ1) is 18.7. The van der Waals surface area contributed by atoms with Gasteiger partial charge in [0, 0.05) is 16.1 Å². The van der Waals surface area contributed by atoms with E-state index in [4.69, 9.17) is 16.0 Å². The van der Waals surface area contributed by atoms with Gasteiger partial charge in [-0.25, -0.2) is 0 Å². The Kier molecular flexibility index (Phi) is 4.50. The zero-order valence-corrected chi connectivity index (χ0v) is 15.9. The van der Waals surface area contributed by atoms with E-state index in [1.807, 2.05) is 0 Å². The lowest BCUT2D eigenvalue weighted by Gasteiger charge is -2.08. The zero-order chi connectivity index (χ0) is 20.1. The summed E-state index contributed by atoms with van der Waals surface area (Å²) in [5.41, 5.74) is 1.88. The number of rotatable bonds is 3. The van der Waals surface area contributed by atoms with Crippen LogP contribution in [0.3, 0.4) is 0 Å². The Morgan fingerprint density at radius 2 is 1.71 bits per heavy atom. The van der Waals surface area contributed by atoms with Gasteiger partial charge in [0.15, 0.2) is 5.65 Å². The first-order valence-electron chi connectivity index (χ1n) is 7.81. The molecule has 0 fully saturated rings. The Balaban J connectivity index is 1.72. The summed E-state index contributed by atoms with van der Waals surface area (Å²) in [7, 11) is 0. The van der Waals surface area contributed by atoms with Crippen molar-refractivity contribution in [3.05, 3.63) is 46.2 Å². The molecule has 144 valence electrons. The Bertz CT molecular complexity index is 1170. The highest BCUT2D eigenvalue weighted by Crippen LogP contribution is 2.34. The third-order valence-electron chi connectivity index (χ3n) is 3.99.